The minimum absolute atomic E-state index is 0.0162. The normalized spacial score (nSPS) is 36.1. The SMILES string of the molecule is CN(C)C(=O)N1C[C@@H]2C[C@@](C)(NCC(=O)N3C[C@@H](F)CC3C#N)C[C@@H]2C1. The maximum absolute atomic E-state index is 13.5. The van der Waals surface area contributed by atoms with Crippen molar-refractivity contribution in [3.63, 3.8) is 0 Å². The molecule has 3 amide bonds. The number of carbonyl (C=O) groups excluding carboxylic acids is 2. The quantitative estimate of drug-likeness (QED) is 0.803. The Morgan fingerprint density at radius 3 is 2.42 bits per heavy atom. The average molecular weight is 365 g/mol. The summed E-state index contributed by atoms with van der Waals surface area (Å²) in [6, 6.07) is 1.42. The Morgan fingerprint density at radius 1 is 1.27 bits per heavy atom. The molecule has 5 atom stereocenters. The Balaban J connectivity index is 1.51. The van der Waals surface area contributed by atoms with Gasteiger partial charge in [0.25, 0.3) is 0 Å². The van der Waals surface area contributed by atoms with E-state index >= 15 is 0 Å². The van der Waals surface area contributed by atoms with E-state index in [1.165, 1.54) is 4.90 Å². The number of nitrogens with zero attached hydrogens (tertiary/aromatic N) is 4. The molecule has 3 rings (SSSR count). The maximum Gasteiger partial charge on any atom is 0.319 e. The van der Waals surface area contributed by atoms with Gasteiger partial charge in [0.05, 0.1) is 19.2 Å². The molecule has 26 heavy (non-hydrogen) atoms. The highest BCUT2D eigenvalue weighted by molar-refractivity contribution is 5.79. The van der Waals surface area contributed by atoms with Crippen LogP contribution in [-0.4, -0.2) is 84.7 Å². The lowest BCUT2D eigenvalue weighted by molar-refractivity contribution is -0.130. The average Bonchev–Trinajstić information content (AvgIpc) is 3.22. The number of carbonyl (C=O) groups is 2. The molecule has 0 bridgehead atoms. The number of hydrogen-bond acceptors (Lipinski definition) is 4. The summed E-state index contributed by atoms with van der Waals surface area (Å²) in [4.78, 5) is 29.4. The van der Waals surface area contributed by atoms with Gasteiger partial charge >= 0.3 is 6.03 Å². The van der Waals surface area contributed by atoms with Crippen LogP contribution >= 0.6 is 0 Å². The molecule has 1 unspecified atom stereocenters. The number of halogens is 1. The van der Waals surface area contributed by atoms with E-state index in [0.29, 0.717) is 11.8 Å². The maximum atomic E-state index is 13.5. The Morgan fingerprint density at radius 2 is 1.88 bits per heavy atom. The molecule has 2 aliphatic heterocycles. The van der Waals surface area contributed by atoms with Crippen LogP contribution in [0.15, 0.2) is 0 Å². The van der Waals surface area contributed by atoms with Crippen molar-refractivity contribution in [2.45, 2.75) is 43.9 Å². The molecule has 3 aliphatic rings. The van der Waals surface area contributed by atoms with Gasteiger partial charge < -0.3 is 20.0 Å². The van der Waals surface area contributed by atoms with Crippen LogP contribution in [0.3, 0.4) is 0 Å². The van der Waals surface area contributed by atoms with Gasteiger partial charge in [-0.2, -0.15) is 5.26 Å². The van der Waals surface area contributed by atoms with Gasteiger partial charge in [-0.05, 0) is 31.6 Å². The summed E-state index contributed by atoms with van der Waals surface area (Å²) in [5, 5.41) is 12.4. The molecular weight excluding hydrogens is 337 g/mol. The molecular formula is C18H28FN5O2. The first-order valence-corrected chi connectivity index (χ1v) is 9.27. The Kier molecular flexibility index (Phi) is 5.11. The summed E-state index contributed by atoms with van der Waals surface area (Å²) in [6.07, 6.45) is 0.829. The van der Waals surface area contributed by atoms with Crippen LogP contribution in [-0.2, 0) is 4.79 Å². The summed E-state index contributed by atoms with van der Waals surface area (Å²) >= 11 is 0. The van der Waals surface area contributed by atoms with Crippen LogP contribution in [0.4, 0.5) is 9.18 Å². The van der Waals surface area contributed by atoms with Gasteiger partial charge in [-0.25, -0.2) is 9.18 Å². The van der Waals surface area contributed by atoms with Crippen molar-refractivity contribution in [1.82, 2.24) is 20.0 Å². The number of fused-ring (bicyclic) bond motifs is 1. The molecule has 144 valence electrons. The van der Waals surface area contributed by atoms with Crippen LogP contribution in [0.1, 0.15) is 26.2 Å². The Bertz CT molecular complexity index is 605. The molecule has 0 aromatic rings. The highest BCUT2D eigenvalue weighted by Crippen LogP contribution is 2.43. The molecule has 7 nitrogen and oxygen atoms in total. The molecule has 1 aliphatic carbocycles. The summed E-state index contributed by atoms with van der Waals surface area (Å²) in [7, 11) is 3.53. The highest BCUT2D eigenvalue weighted by atomic mass is 19.1. The zero-order valence-electron chi connectivity index (χ0n) is 15.7. The zero-order valence-corrected chi connectivity index (χ0v) is 15.7. The second-order valence-corrected chi connectivity index (χ2v) is 8.45. The fourth-order valence-electron chi connectivity index (χ4n) is 4.80. The number of urea groups is 1. The van der Waals surface area contributed by atoms with Crippen molar-refractivity contribution >= 4 is 11.9 Å². The number of rotatable bonds is 3. The van der Waals surface area contributed by atoms with E-state index in [1.807, 2.05) is 11.0 Å². The van der Waals surface area contributed by atoms with Gasteiger partial charge in [-0.1, -0.05) is 0 Å². The van der Waals surface area contributed by atoms with Gasteiger partial charge in [0.2, 0.25) is 5.91 Å². The first-order chi connectivity index (χ1) is 12.2. The largest absolute Gasteiger partial charge is 0.331 e. The third kappa shape index (κ3) is 3.63. The molecule has 3 fully saturated rings. The van der Waals surface area contributed by atoms with E-state index in [1.54, 1.807) is 19.0 Å². The number of alkyl halides is 1. The zero-order chi connectivity index (χ0) is 19.1. The number of hydrogen-bond donors (Lipinski definition) is 1. The van der Waals surface area contributed by atoms with E-state index < -0.39 is 12.2 Å². The minimum Gasteiger partial charge on any atom is -0.331 e. The fourth-order valence-corrected chi connectivity index (χ4v) is 4.80. The summed E-state index contributed by atoms with van der Waals surface area (Å²) < 4.78 is 13.5. The highest BCUT2D eigenvalue weighted by Gasteiger charge is 2.48. The smallest absolute Gasteiger partial charge is 0.319 e. The lowest BCUT2D eigenvalue weighted by atomic mass is 9.98. The fraction of sp³-hybridized carbons (Fsp3) is 0.833. The van der Waals surface area contributed by atoms with E-state index in [2.05, 4.69) is 12.2 Å². The number of nitriles is 1. The van der Waals surface area contributed by atoms with Crippen LogP contribution in [0.5, 0.6) is 0 Å². The number of amides is 3. The van der Waals surface area contributed by atoms with Crippen molar-refractivity contribution in [1.29, 1.82) is 5.26 Å². The molecule has 2 saturated heterocycles. The van der Waals surface area contributed by atoms with E-state index in [0.717, 1.165) is 25.9 Å². The minimum atomic E-state index is -1.11. The van der Waals surface area contributed by atoms with Crippen LogP contribution in [0, 0.1) is 23.2 Å². The number of nitrogens with one attached hydrogen (secondary N) is 1. The summed E-state index contributed by atoms with van der Waals surface area (Å²) in [5.41, 5.74) is -0.158. The molecule has 0 aromatic heterocycles. The van der Waals surface area contributed by atoms with Crippen molar-refractivity contribution < 1.29 is 14.0 Å². The van der Waals surface area contributed by atoms with E-state index in [4.69, 9.17) is 5.26 Å². The lowest BCUT2D eigenvalue weighted by Crippen LogP contribution is -2.49. The van der Waals surface area contributed by atoms with Crippen molar-refractivity contribution in [2.75, 3.05) is 40.3 Å². The van der Waals surface area contributed by atoms with E-state index in [9.17, 15) is 14.0 Å². The second kappa shape index (κ2) is 7.03. The topological polar surface area (TPSA) is 79.7 Å². The van der Waals surface area contributed by atoms with Gasteiger partial charge in [0.1, 0.15) is 12.2 Å². The monoisotopic (exact) mass is 365 g/mol. The van der Waals surface area contributed by atoms with E-state index in [-0.39, 0.29) is 37.0 Å². The van der Waals surface area contributed by atoms with Gasteiger partial charge in [-0.15, -0.1) is 0 Å². The standard InChI is InChI=1S/C18H28FN5O2/c1-18(21-8-16(25)24-11-14(19)4-15(24)7-20)5-12-9-23(10-13(12)6-18)17(26)22(2)3/h12-15,21H,4-6,8-11H2,1-3H3/t12-,13+,14-,15?,18+/m0/s1. The Hall–Kier alpha value is -1.88. The predicted molar refractivity (Wildman–Crippen MR) is 93.9 cm³/mol. The summed E-state index contributed by atoms with van der Waals surface area (Å²) in [5.74, 6) is 0.681. The lowest BCUT2D eigenvalue weighted by Gasteiger charge is -2.30. The van der Waals surface area contributed by atoms with Crippen molar-refractivity contribution in [3.05, 3.63) is 0 Å². The molecule has 1 saturated carbocycles. The molecule has 0 aromatic carbocycles. The second-order valence-electron chi connectivity index (χ2n) is 8.45. The molecule has 0 radical (unpaired) electrons. The van der Waals surface area contributed by atoms with Gasteiger partial charge in [0, 0.05) is 39.1 Å². The van der Waals surface area contributed by atoms with Crippen LogP contribution in [0.2, 0.25) is 0 Å². The third-order valence-electron chi connectivity index (χ3n) is 6.04. The first kappa shape index (κ1) is 18.9. The van der Waals surface area contributed by atoms with Crippen molar-refractivity contribution in [3.8, 4) is 6.07 Å². The van der Waals surface area contributed by atoms with Gasteiger partial charge in [-0.3, -0.25) is 4.79 Å². The summed E-state index contributed by atoms with van der Waals surface area (Å²) in [6.45, 7) is 3.78. The molecule has 8 heteroatoms. The van der Waals surface area contributed by atoms with Crippen LogP contribution in [0.25, 0.3) is 0 Å². The number of likely N-dealkylation sites (tertiary alicyclic amines) is 2. The van der Waals surface area contributed by atoms with Crippen molar-refractivity contribution in [2.24, 2.45) is 11.8 Å². The third-order valence-corrected chi connectivity index (χ3v) is 6.04. The first-order valence-electron chi connectivity index (χ1n) is 9.27. The Labute approximate surface area is 154 Å². The molecule has 1 N–H and O–H groups in total. The van der Waals surface area contributed by atoms with Crippen LogP contribution < -0.4 is 5.32 Å². The molecule has 2 heterocycles. The van der Waals surface area contributed by atoms with Gasteiger partial charge in [0.15, 0.2) is 0 Å². The predicted octanol–water partition coefficient (Wildman–Crippen LogP) is 0.821. The molecule has 0 spiro atoms.